The summed E-state index contributed by atoms with van der Waals surface area (Å²) in [5.41, 5.74) is 1.62. The maximum atomic E-state index is 12.6. The summed E-state index contributed by atoms with van der Waals surface area (Å²) < 4.78 is 31.7. The zero-order valence-corrected chi connectivity index (χ0v) is 14.0. The molecule has 0 radical (unpaired) electrons. The first-order valence-electron chi connectivity index (χ1n) is 7.70. The van der Waals surface area contributed by atoms with Crippen LogP contribution < -0.4 is 10.1 Å². The zero-order valence-electron chi connectivity index (χ0n) is 13.2. The van der Waals surface area contributed by atoms with Crippen LogP contribution in [0.3, 0.4) is 0 Å². The first kappa shape index (κ1) is 15.9. The predicted molar refractivity (Wildman–Crippen MR) is 89.4 cm³/mol. The van der Waals surface area contributed by atoms with Gasteiger partial charge in [-0.15, -0.1) is 0 Å². The van der Waals surface area contributed by atoms with Crippen LogP contribution in [0.4, 0.5) is 13.9 Å². The average Bonchev–Trinajstić information content (AvgIpc) is 3.19. The number of benzene rings is 1. The number of hydrogen-bond donors (Lipinski definition) is 1. The number of nitrogens with zero attached hydrogens (tertiary/aromatic N) is 3. The molecule has 0 bridgehead atoms. The van der Waals surface area contributed by atoms with Crippen molar-refractivity contribution in [3.8, 4) is 5.75 Å². The molecule has 1 aliphatic rings. The van der Waals surface area contributed by atoms with E-state index >= 15 is 0 Å². The number of halogens is 2. The molecule has 1 fully saturated rings. The summed E-state index contributed by atoms with van der Waals surface area (Å²) in [6.07, 6.45) is 3.75. The topological polar surface area (TPSA) is 69.0 Å². The Labute approximate surface area is 145 Å². The molecule has 1 saturated carbocycles. The van der Waals surface area contributed by atoms with E-state index in [9.17, 15) is 13.6 Å². The van der Waals surface area contributed by atoms with E-state index in [1.807, 2.05) is 0 Å². The normalized spacial score (nSPS) is 14.2. The van der Waals surface area contributed by atoms with Gasteiger partial charge in [0.25, 0.3) is 5.91 Å². The van der Waals surface area contributed by atoms with Gasteiger partial charge in [0.15, 0.2) is 10.9 Å². The molecule has 2 heterocycles. The highest BCUT2D eigenvalue weighted by Gasteiger charge is 2.31. The monoisotopic (exact) mass is 364 g/mol. The third kappa shape index (κ3) is 3.19. The predicted octanol–water partition coefficient (Wildman–Crippen LogP) is 3.76. The lowest BCUT2D eigenvalue weighted by Gasteiger charge is -2.03. The number of fused-ring (bicyclic) bond motifs is 1. The Hall–Kier alpha value is -2.55. The highest BCUT2D eigenvalue weighted by molar-refractivity contribution is 7.22. The smallest absolute Gasteiger partial charge is 0.387 e. The lowest BCUT2D eigenvalue weighted by Crippen LogP contribution is -2.12. The van der Waals surface area contributed by atoms with Crippen molar-refractivity contribution in [2.45, 2.75) is 25.4 Å². The molecule has 0 unspecified atom stereocenters. The lowest BCUT2D eigenvalue weighted by atomic mass is 10.2. The van der Waals surface area contributed by atoms with Gasteiger partial charge in [-0.05, 0) is 25.0 Å². The lowest BCUT2D eigenvalue weighted by molar-refractivity contribution is -0.0489. The highest BCUT2D eigenvalue weighted by Crippen LogP contribution is 2.41. The van der Waals surface area contributed by atoms with Gasteiger partial charge >= 0.3 is 6.61 Å². The zero-order chi connectivity index (χ0) is 17.6. The largest absolute Gasteiger partial charge is 0.432 e. The molecule has 0 aliphatic heterocycles. The summed E-state index contributed by atoms with van der Waals surface area (Å²) in [5.74, 6) is 0.0260. The SMILES string of the molecule is Cn1cc(C(=O)Nc2nc3c(OC(F)F)cccc3s2)c(C2CC2)n1. The van der Waals surface area contributed by atoms with Crippen molar-refractivity contribution >= 4 is 32.6 Å². The van der Waals surface area contributed by atoms with E-state index in [2.05, 4.69) is 20.1 Å². The molecule has 2 aromatic heterocycles. The second-order valence-corrected chi connectivity index (χ2v) is 6.86. The molecule has 1 aromatic carbocycles. The Morgan fingerprint density at radius 1 is 1.44 bits per heavy atom. The van der Waals surface area contributed by atoms with Crippen molar-refractivity contribution in [1.29, 1.82) is 0 Å². The summed E-state index contributed by atoms with van der Waals surface area (Å²) in [5, 5.41) is 7.43. The Bertz CT molecular complexity index is 949. The van der Waals surface area contributed by atoms with Crippen LogP contribution in [-0.4, -0.2) is 27.3 Å². The van der Waals surface area contributed by atoms with Gasteiger partial charge in [-0.25, -0.2) is 4.98 Å². The first-order chi connectivity index (χ1) is 12.0. The molecule has 0 saturated heterocycles. The van der Waals surface area contributed by atoms with Crippen molar-refractivity contribution in [2.24, 2.45) is 7.05 Å². The number of aryl methyl sites for hydroxylation is 1. The number of ether oxygens (including phenoxy) is 1. The minimum Gasteiger partial charge on any atom is -0.432 e. The second kappa shape index (κ2) is 6.07. The molecule has 130 valence electrons. The average molecular weight is 364 g/mol. The molecule has 25 heavy (non-hydrogen) atoms. The summed E-state index contributed by atoms with van der Waals surface area (Å²) in [4.78, 5) is 16.8. The molecule has 1 amide bonds. The minimum absolute atomic E-state index is 0.00991. The quantitative estimate of drug-likeness (QED) is 0.748. The third-order valence-corrected chi connectivity index (χ3v) is 4.82. The van der Waals surface area contributed by atoms with Crippen LogP contribution >= 0.6 is 11.3 Å². The van der Waals surface area contributed by atoms with Gasteiger partial charge in [0.1, 0.15) is 5.52 Å². The van der Waals surface area contributed by atoms with Crippen LogP contribution in [0, 0.1) is 0 Å². The van der Waals surface area contributed by atoms with Gasteiger partial charge in [0.05, 0.1) is 16.0 Å². The minimum atomic E-state index is -2.93. The molecule has 6 nitrogen and oxygen atoms in total. The third-order valence-electron chi connectivity index (χ3n) is 3.88. The number of anilines is 1. The molecule has 9 heteroatoms. The summed E-state index contributed by atoms with van der Waals surface area (Å²) in [7, 11) is 1.77. The van der Waals surface area contributed by atoms with Crippen LogP contribution in [0.5, 0.6) is 5.75 Å². The van der Waals surface area contributed by atoms with Gasteiger partial charge in [-0.2, -0.15) is 13.9 Å². The number of amides is 1. The van der Waals surface area contributed by atoms with Crippen LogP contribution in [0.1, 0.15) is 34.8 Å². The van der Waals surface area contributed by atoms with E-state index in [-0.39, 0.29) is 11.7 Å². The molecule has 0 atom stereocenters. The summed E-state index contributed by atoms with van der Waals surface area (Å²) >= 11 is 1.20. The molecular formula is C16H14F2N4O2S. The molecule has 3 aromatic rings. The maximum Gasteiger partial charge on any atom is 0.387 e. The Balaban J connectivity index is 1.61. The fraction of sp³-hybridized carbons (Fsp3) is 0.312. The molecule has 4 rings (SSSR count). The number of carbonyl (C=O) groups is 1. The summed E-state index contributed by atoms with van der Waals surface area (Å²) in [6, 6.07) is 4.77. The Morgan fingerprint density at radius 2 is 2.24 bits per heavy atom. The first-order valence-corrected chi connectivity index (χ1v) is 8.52. The van der Waals surface area contributed by atoms with E-state index < -0.39 is 6.61 Å². The van der Waals surface area contributed by atoms with Crippen molar-refractivity contribution in [3.63, 3.8) is 0 Å². The highest BCUT2D eigenvalue weighted by atomic mass is 32.1. The number of rotatable bonds is 5. The Kier molecular flexibility index (Phi) is 3.87. The maximum absolute atomic E-state index is 12.6. The standard InChI is InChI=1S/C16H14F2N4O2S/c1-22-7-9(12(21-22)8-5-6-8)14(23)20-16-19-13-10(24-15(17)18)3-2-4-11(13)25-16/h2-4,7-8,15H,5-6H2,1H3,(H,19,20,23). The fourth-order valence-electron chi connectivity index (χ4n) is 2.67. The molecular weight excluding hydrogens is 350 g/mol. The van der Waals surface area contributed by atoms with E-state index in [4.69, 9.17) is 0 Å². The van der Waals surface area contributed by atoms with Crippen molar-refractivity contribution in [1.82, 2.24) is 14.8 Å². The van der Waals surface area contributed by atoms with E-state index in [0.29, 0.717) is 26.8 Å². The van der Waals surface area contributed by atoms with Crippen molar-refractivity contribution in [2.75, 3.05) is 5.32 Å². The fourth-order valence-corrected chi connectivity index (χ4v) is 3.55. The van der Waals surface area contributed by atoms with Crippen molar-refractivity contribution < 1.29 is 18.3 Å². The molecule has 0 spiro atoms. The van der Waals surface area contributed by atoms with Crippen LogP contribution in [-0.2, 0) is 7.05 Å². The van der Waals surface area contributed by atoms with Gasteiger partial charge in [0.2, 0.25) is 0 Å². The number of hydrogen-bond acceptors (Lipinski definition) is 5. The van der Waals surface area contributed by atoms with Crippen LogP contribution in [0.15, 0.2) is 24.4 Å². The molecule has 1 N–H and O–H groups in total. The summed E-state index contributed by atoms with van der Waals surface area (Å²) in [6.45, 7) is -2.93. The number of carbonyl (C=O) groups excluding carboxylic acids is 1. The van der Waals surface area contributed by atoms with Gasteiger partial charge < -0.3 is 4.74 Å². The van der Waals surface area contributed by atoms with E-state index in [1.54, 1.807) is 30.1 Å². The number of nitrogens with one attached hydrogen (secondary N) is 1. The number of para-hydroxylation sites is 1. The second-order valence-electron chi connectivity index (χ2n) is 5.83. The van der Waals surface area contributed by atoms with Gasteiger partial charge in [0, 0.05) is 19.2 Å². The van der Waals surface area contributed by atoms with Crippen LogP contribution in [0.2, 0.25) is 0 Å². The molecule has 1 aliphatic carbocycles. The van der Waals surface area contributed by atoms with Gasteiger partial charge in [-0.3, -0.25) is 14.8 Å². The Morgan fingerprint density at radius 3 is 2.96 bits per heavy atom. The number of thiazole rings is 1. The number of aromatic nitrogens is 3. The van der Waals surface area contributed by atoms with E-state index in [0.717, 1.165) is 18.5 Å². The van der Waals surface area contributed by atoms with E-state index in [1.165, 1.54) is 17.4 Å². The van der Waals surface area contributed by atoms with Gasteiger partial charge in [-0.1, -0.05) is 17.4 Å². The number of alkyl halides is 2. The van der Waals surface area contributed by atoms with Crippen molar-refractivity contribution in [3.05, 3.63) is 35.7 Å². The van der Waals surface area contributed by atoms with Crippen LogP contribution in [0.25, 0.3) is 10.2 Å².